The second-order valence-corrected chi connectivity index (χ2v) is 0. The van der Waals surface area contributed by atoms with Crippen molar-refractivity contribution in [2.45, 2.75) is 0 Å². The zero-order valence-electron chi connectivity index (χ0n) is 2.23. The maximum Gasteiger partial charge on any atom is 2.00 e. The van der Waals surface area contributed by atoms with Gasteiger partial charge < -0.3 is 30.6 Å². The predicted octanol–water partition coefficient (Wildman–Crippen LogP) is -0.766. The Hall–Kier alpha value is 2.26. The van der Waals surface area contributed by atoms with Crippen LogP contribution < -0.4 is 0 Å². The van der Waals surface area contributed by atoms with Gasteiger partial charge in [0.2, 0.25) is 0 Å². The molecule has 0 aromatic carbocycles. The van der Waals surface area contributed by atoms with Crippen LogP contribution in [0.5, 0.6) is 0 Å². The fourth-order valence-corrected chi connectivity index (χ4v) is 0. The average Bonchev–Trinajstić information content (AvgIpc) is 0. The molecule has 0 heterocycles. The van der Waals surface area contributed by atoms with Gasteiger partial charge in [-0.2, -0.15) is 0 Å². The minimum atomic E-state index is 0. The average molecular weight is 201 g/mol. The van der Waals surface area contributed by atoms with E-state index in [4.69, 9.17) is 0 Å². The first kappa shape index (κ1) is 33.9. The third kappa shape index (κ3) is 8.86. The van der Waals surface area contributed by atoms with Gasteiger partial charge in [-0.3, -0.25) is 0 Å². The van der Waals surface area contributed by atoms with E-state index in [1.54, 1.807) is 0 Å². The summed E-state index contributed by atoms with van der Waals surface area (Å²) in [7, 11) is 0. The number of hydrogen-bond acceptors (Lipinski definition) is 0. The van der Waals surface area contributed by atoms with E-state index in [-0.39, 0.29) is 73.1 Å². The van der Waals surface area contributed by atoms with Crippen LogP contribution in [0.25, 0.3) is 0 Å². The van der Waals surface area contributed by atoms with E-state index in [0.717, 1.165) is 0 Å². The maximum atomic E-state index is 0. The molecule has 0 N–H and O–H groups in total. The summed E-state index contributed by atoms with van der Waals surface area (Å²) in [6.45, 7) is 0. The molecule has 0 aromatic rings. The fourth-order valence-electron chi connectivity index (χ4n) is 0. The second kappa shape index (κ2) is 18.7. The molecular formula is MgSSeZn. The summed E-state index contributed by atoms with van der Waals surface area (Å²) in [6, 6.07) is 0. The molecule has 0 atom stereocenters. The first-order valence-electron chi connectivity index (χ1n) is 0. The Bertz CT molecular complexity index is 8.00. The monoisotopic (exact) mass is 200 g/mol. The van der Waals surface area contributed by atoms with Gasteiger partial charge in [-0.15, -0.1) is 0 Å². The van der Waals surface area contributed by atoms with E-state index in [1.807, 2.05) is 0 Å². The SMILES string of the molecule is [Mg+2].[S-2].[Se-2].[Zn+2]. The topological polar surface area (TPSA) is 0 Å². The third-order valence-corrected chi connectivity index (χ3v) is 0. The van der Waals surface area contributed by atoms with E-state index < -0.39 is 0 Å². The Morgan fingerprint density at radius 1 is 1.00 bits per heavy atom. The van der Waals surface area contributed by atoms with E-state index in [1.165, 1.54) is 0 Å². The summed E-state index contributed by atoms with van der Waals surface area (Å²) in [5.74, 6) is 0. The predicted molar refractivity (Wildman–Crippen MR) is 18.9 cm³/mol. The molecule has 0 aliphatic carbocycles. The Labute approximate surface area is 72.3 Å². The standard InChI is InChI=1S/Mg.S.Se.Zn/q+2;2*-2;+2. The zero-order chi connectivity index (χ0) is 0. The van der Waals surface area contributed by atoms with Crippen LogP contribution in [0.15, 0.2) is 0 Å². The van der Waals surface area contributed by atoms with E-state index in [9.17, 15) is 0 Å². The number of rotatable bonds is 0. The molecule has 0 saturated carbocycles. The van der Waals surface area contributed by atoms with Crippen LogP contribution in [0.4, 0.5) is 0 Å². The van der Waals surface area contributed by atoms with Crippen LogP contribution in [-0.4, -0.2) is 40.1 Å². The van der Waals surface area contributed by atoms with Gasteiger partial charge in [0.25, 0.3) is 0 Å². The van der Waals surface area contributed by atoms with Crippen molar-refractivity contribution in [3.05, 3.63) is 0 Å². The van der Waals surface area contributed by atoms with Crippen LogP contribution in [0.1, 0.15) is 0 Å². The minimum Gasteiger partial charge on any atom is -2.00 e. The summed E-state index contributed by atoms with van der Waals surface area (Å²) in [5.41, 5.74) is 0. The molecule has 0 fully saturated rings. The number of hydrogen-bond donors (Lipinski definition) is 0. The van der Waals surface area contributed by atoms with Crippen molar-refractivity contribution < 1.29 is 19.5 Å². The third-order valence-electron chi connectivity index (χ3n) is 0. The molecule has 0 unspecified atom stereocenters. The van der Waals surface area contributed by atoms with E-state index >= 15 is 0 Å². The molecule has 0 aromatic heterocycles. The molecule has 16 valence electrons. The Kier molecular flexibility index (Phi) is 159. The summed E-state index contributed by atoms with van der Waals surface area (Å²) in [5, 5.41) is 0. The largest absolute Gasteiger partial charge is 2.00 e. The van der Waals surface area contributed by atoms with Crippen molar-refractivity contribution in [2.75, 3.05) is 0 Å². The molecule has 4 heteroatoms. The first-order chi connectivity index (χ1) is 0. The summed E-state index contributed by atoms with van der Waals surface area (Å²) >= 11 is 0. The summed E-state index contributed by atoms with van der Waals surface area (Å²) < 4.78 is 0. The zero-order valence-corrected chi connectivity index (χ0v) is 9.14. The summed E-state index contributed by atoms with van der Waals surface area (Å²) in [6.07, 6.45) is 0. The normalized spacial score (nSPS) is 0. The molecule has 0 rings (SSSR count). The van der Waals surface area contributed by atoms with Gasteiger partial charge in [-0.05, 0) is 0 Å². The van der Waals surface area contributed by atoms with E-state index in [2.05, 4.69) is 0 Å². The van der Waals surface area contributed by atoms with Crippen LogP contribution in [0, 0.1) is 0 Å². The van der Waals surface area contributed by atoms with Crippen molar-refractivity contribution in [1.29, 1.82) is 0 Å². The van der Waals surface area contributed by atoms with E-state index in [0.29, 0.717) is 0 Å². The summed E-state index contributed by atoms with van der Waals surface area (Å²) in [4.78, 5) is 0. The molecule has 0 nitrogen and oxygen atoms in total. The molecule has 0 aliphatic heterocycles. The molecule has 0 radical (unpaired) electrons. The van der Waals surface area contributed by atoms with Crippen LogP contribution in [0.2, 0.25) is 0 Å². The second-order valence-electron chi connectivity index (χ2n) is 0. The molecule has 4 heavy (non-hydrogen) atoms. The molecular weight excluding hydrogens is 201 g/mol. The van der Waals surface area contributed by atoms with Gasteiger partial charge in [0.15, 0.2) is 0 Å². The van der Waals surface area contributed by atoms with Crippen molar-refractivity contribution >= 4 is 53.6 Å². The minimum absolute atomic E-state index is 0. The smallest absolute Gasteiger partial charge is 2.00 e. The van der Waals surface area contributed by atoms with Crippen molar-refractivity contribution in [3.8, 4) is 0 Å². The Morgan fingerprint density at radius 3 is 1.00 bits per heavy atom. The molecule has 0 spiro atoms. The van der Waals surface area contributed by atoms with Gasteiger partial charge in [0.1, 0.15) is 0 Å². The first-order valence-corrected chi connectivity index (χ1v) is 0. The molecule has 0 saturated heterocycles. The van der Waals surface area contributed by atoms with Crippen LogP contribution in [-0.2, 0) is 33.0 Å². The quantitative estimate of drug-likeness (QED) is 0.451. The van der Waals surface area contributed by atoms with Gasteiger partial charge >= 0.3 is 42.5 Å². The van der Waals surface area contributed by atoms with Gasteiger partial charge in [-0.1, -0.05) is 0 Å². The van der Waals surface area contributed by atoms with Crippen LogP contribution >= 0.6 is 0 Å². The van der Waals surface area contributed by atoms with Crippen molar-refractivity contribution in [3.63, 3.8) is 0 Å². The molecule has 0 bridgehead atoms. The Morgan fingerprint density at radius 2 is 1.00 bits per heavy atom. The molecule has 0 aliphatic rings. The van der Waals surface area contributed by atoms with Crippen molar-refractivity contribution in [1.82, 2.24) is 0 Å². The van der Waals surface area contributed by atoms with Gasteiger partial charge in [0.05, 0.1) is 0 Å². The molecule has 0 amide bonds. The van der Waals surface area contributed by atoms with Crippen molar-refractivity contribution in [2.24, 2.45) is 0 Å². The van der Waals surface area contributed by atoms with Crippen LogP contribution in [0.3, 0.4) is 0 Å². The van der Waals surface area contributed by atoms with Gasteiger partial charge in [0, 0.05) is 0 Å². The maximum absolute atomic E-state index is 0. The Balaban J connectivity index is 0. The fraction of sp³-hybridized carbons (Fsp3) is 0. The van der Waals surface area contributed by atoms with Gasteiger partial charge in [-0.25, -0.2) is 0 Å².